The lowest BCUT2D eigenvalue weighted by Gasteiger charge is -2.08. The van der Waals surface area contributed by atoms with Crippen LogP contribution in [-0.4, -0.2) is 19.7 Å². The Balaban J connectivity index is 2.10. The normalized spacial score (nSPS) is 10.5. The maximum absolute atomic E-state index is 10.7. The van der Waals surface area contributed by atoms with E-state index in [1.165, 1.54) is 12.1 Å². The Morgan fingerprint density at radius 1 is 1.00 bits per heavy atom. The van der Waals surface area contributed by atoms with E-state index >= 15 is 0 Å². The zero-order valence-electron chi connectivity index (χ0n) is 11.3. The molecular formula is C15H12N4O2. The van der Waals surface area contributed by atoms with Crippen LogP contribution in [0.15, 0.2) is 54.6 Å². The second kappa shape index (κ2) is 5.16. The highest BCUT2D eigenvalue weighted by Crippen LogP contribution is 2.23. The van der Waals surface area contributed by atoms with Gasteiger partial charge in [0.2, 0.25) is 0 Å². The summed E-state index contributed by atoms with van der Waals surface area (Å²) in [7, 11) is 0. The third-order valence-electron chi connectivity index (χ3n) is 3.18. The monoisotopic (exact) mass is 280 g/mol. The zero-order valence-corrected chi connectivity index (χ0v) is 11.3. The molecule has 0 spiro atoms. The fraction of sp³-hybridized carbons (Fsp3) is 0.0667. The van der Waals surface area contributed by atoms with Crippen LogP contribution in [0.25, 0.3) is 17.1 Å². The van der Waals surface area contributed by atoms with Crippen LogP contribution in [0.2, 0.25) is 0 Å². The number of nitro groups is 1. The lowest BCUT2D eigenvalue weighted by atomic mass is 10.2. The van der Waals surface area contributed by atoms with Gasteiger partial charge in [-0.15, -0.1) is 10.2 Å². The van der Waals surface area contributed by atoms with E-state index in [1.54, 1.807) is 12.1 Å². The van der Waals surface area contributed by atoms with Crippen LogP contribution < -0.4 is 0 Å². The molecule has 0 unspecified atom stereocenters. The number of hydrogen-bond donors (Lipinski definition) is 0. The number of rotatable bonds is 3. The Hall–Kier alpha value is -3.02. The van der Waals surface area contributed by atoms with Crippen molar-refractivity contribution < 1.29 is 4.92 Å². The van der Waals surface area contributed by atoms with Crippen molar-refractivity contribution in [2.45, 2.75) is 6.92 Å². The molecule has 0 fully saturated rings. The molecule has 21 heavy (non-hydrogen) atoms. The zero-order chi connectivity index (χ0) is 14.8. The molecule has 6 nitrogen and oxygen atoms in total. The van der Waals surface area contributed by atoms with Crippen molar-refractivity contribution in [2.75, 3.05) is 0 Å². The van der Waals surface area contributed by atoms with Gasteiger partial charge in [-0.3, -0.25) is 14.7 Å². The van der Waals surface area contributed by atoms with E-state index in [1.807, 2.05) is 41.8 Å². The second-order valence-corrected chi connectivity index (χ2v) is 4.55. The Labute approximate surface area is 120 Å². The molecule has 0 atom stereocenters. The number of non-ortho nitro benzene ring substituents is 1. The van der Waals surface area contributed by atoms with Crippen molar-refractivity contribution in [3.8, 4) is 17.1 Å². The molecule has 0 saturated heterocycles. The van der Waals surface area contributed by atoms with E-state index < -0.39 is 4.92 Å². The average Bonchev–Trinajstić information content (AvgIpc) is 2.90. The van der Waals surface area contributed by atoms with Crippen molar-refractivity contribution in [3.63, 3.8) is 0 Å². The molecule has 0 aliphatic rings. The Bertz CT molecular complexity index is 779. The topological polar surface area (TPSA) is 73.8 Å². The molecule has 0 saturated carbocycles. The van der Waals surface area contributed by atoms with Gasteiger partial charge in [-0.1, -0.05) is 30.3 Å². The highest BCUT2D eigenvalue weighted by atomic mass is 16.6. The first-order valence-electron chi connectivity index (χ1n) is 6.39. The molecule has 0 amide bonds. The summed E-state index contributed by atoms with van der Waals surface area (Å²) in [5, 5.41) is 19.0. The third-order valence-corrected chi connectivity index (χ3v) is 3.18. The molecule has 1 aromatic heterocycles. The molecule has 2 aromatic carbocycles. The van der Waals surface area contributed by atoms with Crippen molar-refractivity contribution in [1.29, 1.82) is 0 Å². The molecule has 0 aliphatic carbocycles. The molecule has 1 heterocycles. The molecule has 0 bridgehead atoms. The number of nitro benzene ring substituents is 1. The van der Waals surface area contributed by atoms with Gasteiger partial charge < -0.3 is 0 Å². The Morgan fingerprint density at radius 3 is 2.29 bits per heavy atom. The van der Waals surface area contributed by atoms with E-state index in [2.05, 4.69) is 10.2 Å². The molecule has 0 N–H and O–H groups in total. The molecule has 3 aromatic rings. The van der Waals surface area contributed by atoms with Gasteiger partial charge in [-0.05, 0) is 19.1 Å². The van der Waals surface area contributed by atoms with E-state index in [-0.39, 0.29) is 5.69 Å². The van der Waals surface area contributed by atoms with E-state index in [4.69, 9.17) is 0 Å². The predicted molar refractivity (Wildman–Crippen MR) is 78.2 cm³/mol. The molecule has 0 radical (unpaired) electrons. The summed E-state index contributed by atoms with van der Waals surface area (Å²) in [6.07, 6.45) is 0. The standard InChI is InChI=1S/C15H12N4O2/c1-11-16-17-15(12-5-3-2-4-6-12)18(11)13-7-9-14(10-8-13)19(20)21/h2-10H,1H3. The largest absolute Gasteiger partial charge is 0.279 e. The SMILES string of the molecule is Cc1nnc(-c2ccccc2)n1-c1ccc([N+](=O)[O-])cc1. The minimum atomic E-state index is -0.416. The van der Waals surface area contributed by atoms with Crippen LogP contribution >= 0.6 is 0 Å². The van der Waals surface area contributed by atoms with Crippen LogP contribution in [0.1, 0.15) is 5.82 Å². The van der Waals surface area contributed by atoms with Gasteiger partial charge in [-0.25, -0.2) is 0 Å². The smallest absolute Gasteiger partial charge is 0.269 e. The van der Waals surface area contributed by atoms with Crippen molar-refractivity contribution >= 4 is 5.69 Å². The first-order chi connectivity index (χ1) is 10.2. The Morgan fingerprint density at radius 2 is 1.67 bits per heavy atom. The fourth-order valence-electron chi connectivity index (χ4n) is 2.17. The van der Waals surface area contributed by atoms with Gasteiger partial charge in [0.1, 0.15) is 5.82 Å². The number of aryl methyl sites for hydroxylation is 1. The predicted octanol–water partition coefficient (Wildman–Crippen LogP) is 3.15. The quantitative estimate of drug-likeness (QED) is 0.545. The highest BCUT2D eigenvalue weighted by molar-refractivity contribution is 5.59. The van der Waals surface area contributed by atoms with Crippen LogP contribution in [0.3, 0.4) is 0 Å². The van der Waals surface area contributed by atoms with Gasteiger partial charge in [0, 0.05) is 23.4 Å². The summed E-state index contributed by atoms with van der Waals surface area (Å²) in [6.45, 7) is 1.85. The van der Waals surface area contributed by atoms with E-state index in [0.29, 0.717) is 5.82 Å². The van der Waals surface area contributed by atoms with Crippen LogP contribution in [0.5, 0.6) is 0 Å². The summed E-state index contributed by atoms with van der Waals surface area (Å²) >= 11 is 0. The molecule has 104 valence electrons. The molecule has 6 heteroatoms. The summed E-state index contributed by atoms with van der Waals surface area (Å²) in [4.78, 5) is 10.3. The average molecular weight is 280 g/mol. The van der Waals surface area contributed by atoms with Gasteiger partial charge in [-0.2, -0.15) is 0 Å². The number of nitrogens with zero attached hydrogens (tertiary/aromatic N) is 4. The Kier molecular flexibility index (Phi) is 3.19. The lowest BCUT2D eigenvalue weighted by molar-refractivity contribution is -0.384. The summed E-state index contributed by atoms with van der Waals surface area (Å²) < 4.78 is 1.87. The summed E-state index contributed by atoms with van der Waals surface area (Å²) in [5.41, 5.74) is 1.80. The highest BCUT2D eigenvalue weighted by Gasteiger charge is 2.13. The van der Waals surface area contributed by atoms with E-state index in [9.17, 15) is 10.1 Å². The minimum absolute atomic E-state index is 0.0609. The van der Waals surface area contributed by atoms with E-state index in [0.717, 1.165) is 17.1 Å². The minimum Gasteiger partial charge on any atom is -0.279 e. The van der Waals surface area contributed by atoms with Crippen LogP contribution in [0.4, 0.5) is 5.69 Å². The van der Waals surface area contributed by atoms with Crippen LogP contribution in [0, 0.1) is 17.0 Å². The first-order valence-corrected chi connectivity index (χ1v) is 6.39. The second-order valence-electron chi connectivity index (χ2n) is 4.55. The maximum Gasteiger partial charge on any atom is 0.269 e. The van der Waals surface area contributed by atoms with Crippen LogP contribution in [-0.2, 0) is 0 Å². The van der Waals surface area contributed by atoms with Gasteiger partial charge in [0.15, 0.2) is 5.82 Å². The van der Waals surface area contributed by atoms with Gasteiger partial charge in [0.25, 0.3) is 5.69 Å². The van der Waals surface area contributed by atoms with Crippen molar-refractivity contribution in [1.82, 2.24) is 14.8 Å². The molecule has 0 aliphatic heterocycles. The van der Waals surface area contributed by atoms with Gasteiger partial charge >= 0.3 is 0 Å². The summed E-state index contributed by atoms with van der Waals surface area (Å²) in [5.74, 6) is 1.43. The van der Waals surface area contributed by atoms with Gasteiger partial charge in [0.05, 0.1) is 4.92 Å². The third kappa shape index (κ3) is 2.38. The molecular weight excluding hydrogens is 268 g/mol. The number of aromatic nitrogens is 3. The number of hydrogen-bond acceptors (Lipinski definition) is 4. The van der Waals surface area contributed by atoms with Crippen molar-refractivity contribution in [2.24, 2.45) is 0 Å². The number of benzene rings is 2. The summed E-state index contributed by atoms with van der Waals surface area (Å²) in [6, 6.07) is 16.0. The molecule has 3 rings (SSSR count). The van der Waals surface area contributed by atoms with Crippen molar-refractivity contribution in [3.05, 3.63) is 70.5 Å². The fourth-order valence-corrected chi connectivity index (χ4v) is 2.17. The maximum atomic E-state index is 10.7. The lowest BCUT2D eigenvalue weighted by Crippen LogP contribution is -2.00. The first kappa shape index (κ1) is 13.0.